The Hall–Kier alpha value is -1.67. The third kappa shape index (κ3) is 7.43. The van der Waals surface area contributed by atoms with E-state index >= 15 is 0 Å². The van der Waals surface area contributed by atoms with Crippen LogP contribution in [0.2, 0.25) is 0 Å². The van der Waals surface area contributed by atoms with Crippen LogP contribution in [0.4, 0.5) is 4.39 Å². The topological polar surface area (TPSA) is 73.8 Å². The van der Waals surface area contributed by atoms with E-state index in [1.807, 2.05) is 24.9 Å². The van der Waals surface area contributed by atoms with Crippen molar-refractivity contribution >= 4 is 16.0 Å². The molecule has 1 aromatic rings. The first-order chi connectivity index (χ1) is 10.9. The maximum absolute atomic E-state index is 13.2. The van der Waals surface area contributed by atoms with Gasteiger partial charge in [0.1, 0.15) is 5.82 Å². The van der Waals surface area contributed by atoms with E-state index in [1.54, 1.807) is 13.0 Å². The Labute approximate surface area is 137 Å². The molecule has 23 heavy (non-hydrogen) atoms. The van der Waals surface area contributed by atoms with Crippen molar-refractivity contribution in [1.82, 2.24) is 14.9 Å². The van der Waals surface area contributed by atoms with E-state index < -0.39 is 10.0 Å². The zero-order valence-corrected chi connectivity index (χ0v) is 14.7. The highest BCUT2D eigenvalue weighted by atomic mass is 32.2. The molecule has 0 aliphatic heterocycles. The van der Waals surface area contributed by atoms with Gasteiger partial charge in [-0.3, -0.25) is 4.99 Å². The summed E-state index contributed by atoms with van der Waals surface area (Å²) < 4.78 is 38.4. The van der Waals surface area contributed by atoms with Crippen LogP contribution in [0.1, 0.15) is 19.4 Å². The van der Waals surface area contributed by atoms with Gasteiger partial charge in [0.05, 0.1) is 12.3 Å². The minimum Gasteiger partial charge on any atom is -0.357 e. The first-order valence-corrected chi connectivity index (χ1v) is 9.24. The van der Waals surface area contributed by atoms with Crippen LogP contribution in [0, 0.1) is 5.82 Å². The van der Waals surface area contributed by atoms with Crippen molar-refractivity contribution in [2.24, 2.45) is 4.99 Å². The van der Waals surface area contributed by atoms with Gasteiger partial charge in [-0.1, -0.05) is 12.1 Å². The minimum atomic E-state index is -3.20. The lowest BCUT2D eigenvalue weighted by molar-refractivity contribution is 0.475. The summed E-state index contributed by atoms with van der Waals surface area (Å²) in [5, 5.41) is 3.13. The van der Waals surface area contributed by atoms with E-state index in [0.29, 0.717) is 25.6 Å². The number of nitrogens with zero attached hydrogens (tertiary/aromatic N) is 2. The van der Waals surface area contributed by atoms with Gasteiger partial charge in [0.15, 0.2) is 5.96 Å². The second-order valence-electron chi connectivity index (χ2n) is 5.02. The molecule has 0 aliphatic rings. The molecule has 0 aliphatic carbocycles. The number of sulfonamides is 1. The van der Waals surface area contributed by atoms with E-state index in [9.17, 15) is 12.8 Å². The molecule has 0 radical (unpaired) electrons. The zero-order chi connectivity index (χ0) is 17.3. The summed E-state index contributed by atoms with van der Waals surface area (Å²) in [7, 11) is -1.35. The molecule has 0 fully saturated rings. The van der Waals surface area contributed by atoms with Crippen molar-refractivity contribution in [3.05, 3.63) is 35.6 Å². The van der Waals surface area contributed by atoms with Gasteiger partial charge in [-0.15, -0.1) is 0 Å². The Bertz CT molecular complexity index is 620. The number of hydrogen-bond donors (Lipinski definition) is 2. The molecular weight excluding hydrogens is 319 g/mol. The summed E-state index contributed by atoms with van der Waals surface area (Å²) in [5.41, 5.74) is 0.838. The number of benzene rings is 1. The molecule has 0 saturated carbocycles. The maximum atomic E-state index is 13.2. The van der Waals surface area contributed by atoms with Gasteiger partial charge < -0.3 is 10.2 Å². The predicted octanol–water partition coefficient (Wildman–Crippen LogP) is 1.16. The number of rotatable bonds is 8. The number of aliphatic imine (C=N–C) groups is 1. The van der Waals surface area contributed by atoms with Gasteiger partial charge in [-0.2, -0.15) is 0 Å². The van der Waals surface area contributed by atoms with Crippen molar-refractivity contribution in [3.63, 3.8) is 0 Å². The number of nitrogens with one attached hydrogen (secondary N) is 2. The highest BCUT2D eigenvalue weighted by Crippen LogP contribution is 2.06. The lowest BCUT2D eigenvalue weighted by Gasteiger charge is -2.22. The number of halogens is 1. The molecule has 8 heteroatoms. The first-order valence-electron chi connectivity index (χ1n) is 7.59. The van der Waals surface area contributed by atoms with Gasteiger partial charge in [-0.05, 0) is 31.5 Å². The summed E-state index contributed by atoms with van der Waals surface area (Å²) in [6.45, 7) is 5.30. The summed E-state index contributed by atoms with van der Waals surface area (Å²) in [6, 6.07) is 6.40. The molecule has 0 amide bonds. The molecule has 1 rings (SSSR count). The SMILES string of the molecule is CCNC(=NCCNS(=O)(=O)CC)N(C)Cc1cccc(F)c1. The molecule has 6 nitrogen and oxygen atoms in total. The van der Waals surface area contributed by atoms with Gasteiger partial charge in [0.2, 0.25) is 10.0 Å². The molecule has 130 valence electrons. The molecule has 0 spiro atoms. The van der Waals surface area contributed by atoms with E-state index in [1.165, 1.54) is 12.1 Å². The Morgan fingerprint density at radius 2 is 2.09 bits per heavy atom. The molecule has 0 atom stereocenters. The van der Waals surface area contributed by atoms with Gasteiger partial charge >= 0.3 is 0 Å². The second-order valence-corrected chi connectivity index (χ2v) is 7.11. The number of guanidine groups is 1. The second kappa shape index (κ2) is 9.46. The Balaban J connectivity index is 2.63. The first kappa shape index (κ1) is 19.4. The van der Waals surface area contributed by atoms with Crippen LogP contribution in [0.15, 0.2) is 29.3 Å². The molecular formula is C15H25FN4O2S. The lowest BCUT2D eigenvalue weighted by atomic mass is 10.2. The summed E-state index contributed by atoms with van der Waals surface area (Å²) >= 11 is 0. The summed E-state index contributed by atoms with van der Waals surface area (Å²) in [6.07, 6.45) is 0. The largest absolute Gasteiger partial charge is 0.357 e. The zero-order valence-electron chi connectivity index (χ0n) is 13.8. The van der Waals surface area contributed by atoms with Crippen molar-refractivity contribution in [3.8, 4) is 0 Å². The minimum absolute atomic E-state index is 0.0518. The van der Waals surface area contributed by atoms with Gasteiger partial charge in [-0.25, -0.2) is 17.5 Å². The Morgan fingerprint density at radius 3 is 2.70 bits per heavy atom. The molecule has 1 aromatic carbocycles. The predicted molar refractivity (Wildman–Crippen MR) is 91.3 cm³/mol. The fourth-order valence-corrected chi connectivity index (χ4v) is 2.53. The molecule has 2 N–H and O–H groups in total. The van der Waals surface area contributed by atoms with Crippen LogP contribution in [-0.4, -0.2) is 51.7 Å². The quantitative estimate of drug-likeness (QED) is 0.422. The monoisotopic (exact) mass is 344 g/mol. The van der Waals surface area contributed by atoms with Crippen LogP contribution in [-0.2, 0) is 16.6 Å². The standard InChI is InChI=1S/C15H25FN4O2S/c1-4-17-15(18-9-10-19-23(21,22)5-2)20(3)12-13-7-6-8-14(16)11-13/h6-8,11,19H,4-5,9-10,12H2,1-3H3,(H,17,18). The van der Waals surface area contributed by atoms with Crippen molar-refractivity contribution in [2.75, 3.05) is 32.4 Å². The average molecular weight is 344 g/mol. The molecule has 0 aromatic heterocycles. The van der Waals surface area contributed by atoms with E-state index in [0.717, 1.165) is 5.56 Å². The Kier molecular flexibility index (Phi) is 7.97. The summed E-state index contributed by atoms with van der Waals surface area (Å²) in [4.78, 5) is 6.25. The average Bonchev–Trinajstić information content (AvgIpc) is 2.50. The molecule has 0 unspecified atom stereocenters. The van der Waals surface area contributed by atoms with Crippen molar-refractivity contribution < 1.29 is 12.8 Å². The van der Waals surface area contributed by atoms with Crippen LogP contribution >= 0.6 is 0 Å². The highest BCUT2D eigenvalue weighted by Gasteiger charge is 2.08. The van der Waals surface area contributed by atoms with Gasteiger partial charge in [0.25, 0.3) is 0 Å². The third-order valence-corrected chi connectivity index (χ3v) is 4.48. The van der Waals surface area contributed by atoms with Crippen LogP contribution in [0.5, 0.6) is 0 Å². The molecule has 0 bridgehead atoms. The molecule has 0 saturated heterocycles. The van der Waals surface area contributed by atoms with Crippen LogP contribution < -0.4 is 10.0 Å². The number of hydrogen-bond acceptors (Lipinski definition) is 3. The lowest BCUT2D eigenvalue weighted by Crippen LogP contribution is -2.39. The van der Waals surface area contributed by atoms with Gasteiger partial charge in [0, 0.05) is 26.7 Å². The normalized spacial score (nSPS) is 12.3. The fourth-order valence-electron chi connectivity index (χ4n) is 1.92. The van der Waals surface area contributed by atoms with E-state index in [-0.39, 0.29) is 18.1 Å². The third-order valence-electron chi connectivity index (χ3n) is 3.08. The Morgan fingerprint density at radius 1 is 1.35 bits per heavy atom. The maximum Gasteiger partial charge on any atom is 0.211 e. The molecule has 0 heterocycles. The smallest absolute Gasteiger partial charge is 0.211 e. The van der Waals surface area contributed by atoms with Crippen molar-refractivity contribution in [2.45, 2.75) is 20.4 Å². The van der Waals surface area contributed by atoms with Crippen molar-refractivity contribution in [1.29, 1.82) is 0 Å². The summed E-state index contributed by atoms with van der Waals surface area (Å²) in [5.74, 6) is 0.426. The highest BCUT2D eigenvalue weighted by molar-refractivity contribution is 7.89. The van der Waals surface area contributed by atoms with E-state index in [4.69, 9.17) is 0 Å². The van der Waals surface area contributed by atoms with Crippen LogP contribution in [0.25, 0.3) is 0 Å². The van der Waals surface area contributed by atoms with Crippen LogP contribution in [0.3, 0.4) is 0 Å². The fraction of sp³-hybridized carbons (Fsp3) is 0.533. The van der Waals surface area contributed by atoms with E-state index in [2.05, 4.69) is 15.0 Å².